The van der Waals surface area contributed by atoms with E-state index in [2.05, 4.69) is 5.10 Å². The van der Waals surface area contributed by atoms with Gasteiger partial charge in [0, 0.05) is 23.5 Å². The molecule has 0 saturated carbocycles. The van der Waals surface area contributed by atoms with Crippen LogP contribution in [-0.2, 0) is 9.53 Å². The smallest absolute Gasteiger partial charge is 0.328 e. The second-order valence-electron chi connectivity index (χ2n) is 8.45. The van der Waals surface area contributed by atoms with Gasteiger partial charge in [-0.1, -0.05) is 18.2 Å². The maximum absolute atomic E-state index is 13.3. The second kappa shape index (κ2) is 9.51. The molecule has 0 radical (unpaired) electrons. The van der Waals surface area contributed by atoms with Crippen LogP contribution in [-0.4, -0.2) is 32.4 Å². The molecular formula is C24H27N5O3S. The standard InChI is InChI=1S/C24H27N5O3S/c1-15-17(29(23(26)33)21(30)16-9-6-5-7-10-16)11-12-18(28-14-8-13-27-28)19(15)20(25)22(31)32-24(2,3)4/h5-14,20H,25H2,1-4H3,(H2,26,33). The Hall–Kier alpha value is -3.56. The highest BCUT2D eigenvalue weighted by atomic mass is 32.1. The van der Waals surface area contributed by atoms with Crippen LogP contribution in [0.5, 0.6) is 0 Å². The number of amides is 1. The predicted octanol–water partition coefficient (Wildman–Crippen LogP) is 3.41. The maximum atomic E-state index is 13.3. The van der Waals surface area contributed by atoms with Gasteiger partial charge in [0.15, 0.2) is 5.11 Å². The van der Waals surface area contributed by atoms with Crippen LogP contribution in [0.2, 0.25) is 0 Å². The molecule has 0 saturated heterocycles. The molecule has 1 atom stereocenters. The summed E-state index contributed by atoms with van der Waals surface area (Å²) in [6.07, 6.45) is 3.35. The zero-order valence-corrected chi connectivity index (χ0v) is 19.8. The molecule has 0 spiro atoms. The third-order valence-electron chi connectivity index (χ3n) is 4.87. The molecule has 3 rings (SSSR count). The summed E-state index contributed by atoms with van der Waals surface area (Å²) >= 11 is 5.22. The molecule has 0 bridgehead atoms. The van der Waals surface area contributed by atoms with E-state index in [4.69, 9.17) is 28.4 Å². The van der Waals surface area contributed by atoms with E-state index < -0.39 is 23.5 Å². The van der Waals surface area contributed by atoms with Crippen molar-refractivity contribution in [2.24, 2.45) is 11.5 Å². The molecule has 4 N–H and O–H groups in total. The molecule has 1 unspecified atom stereocenters. The van der Waals surface area contributed by atoms with Crippen molar-refractivity contribution in [3.8, 4) is 5.69 Å². The molecule has 1 aromatic heterocycles. The van der Waals surface area contributed by atoms with Crippen LogP contribution in [0.4, 0.5) is 5.69 Å². The first-order valence-electron chi connectivity index (χ1n) is 10.3. The van der Waals surface area contributed by atoms with Crippen molar-refractivity contribution >= 4 is 34.9 Å². The Morgan fingerprint density at radius 3 is 2.33 bits per heavy atom. The highest BCUT2D eigenvalue weighted by Crippen LogP contribution is 2.33. The lowest BCUT2D eigenvalue weighted by atomic mass is 9.96. The van der Waals surface area contributed by atoms with E-state index in [1.165, 1.54) is 4.90 Å². The zero-order chi connectivity index (χ0) is 24.3. The number of benzene rings is 2. The number of hydrogen-bond acceptors (Lipinski definition) is 6. The normalized spacial score (nSPS) is 12.2. The van der Waals surface area contributed by atoms with E-state index in [1.54, 1.807) is 87.2 Å². The quantitative estimate of drug-likeness (QED) is 0.438. The summed E-state index contributed by atoms with van der Waals surface area (Å²) in [5.41, 5.74) is 14.1. The van der Waals surface area contributed by atoms with E-state index in [0.29, 0.717) is 28.1 Å². The van der Waals surface area contributed by atoms with E-state index in [0.717, 1.165) is 0 Å². The van der Waals surface area contributed by atoms with Crippen LogP contribution in [0.15, 0.2) is 60.9 Å². The topological polar surface area (TPSA) is 116 Å². The summed E-state index contributed by atoms with van der Waals surface area (Å²) in [7, 11) is 0. The first kappa shape index (κ1) is 24.1. The average molecular weight is 466 g/mol. The second-order valence-corrected chi connectivity index (χ2v) is 8.87. The number of nitrogens with zero attached hydrogens (tertiary/aromatic N) is 3. The van der Waals surface area contributed by atoms with Gasteiger partial charge in [-0.25, -0.2) is 9.48 Å². The monoisotopic (exact) mass is 465 g/mol. The van der Waals surface area contributed by atoms with Gasteiger partial charge in [-0.3, -0.25) is 9.69 Å². The summed E-state index contributed by atoms with van der Waals surface area (Å²) in [5, 5.41) is 4.15. The van der Waals surface area contributed by atoms with E-state index in [1.807, 2.05) is 6.07 Å². The molecule has 0 fully saturated rings. The molecule has 1 heterocycles. The Balaban J connectivity index is 2.18. The molecule has 2 aromatic carbocycles. The number of carbonyl (C=O) groups excluding carboxylic acids is 2. The number of nitrogens with two attached hydrogens (primary N) is 2. The number of rotatable bonds is 5. The molecule has 0 aliphatic carbocycles. The fourth-order valence-electron chi connectivity index (χ4n) is 3.47. The van der Waals surface area contributed by atoms with Crippen molar-refractivity contribution in [2.45, 2.75) is 39.3 Å². The molecule has 0 aliphatic heterocycles. The fraction of sp³-hybridized carbons (Fsp3) is 0.250. The minimum absolute atomic E-state index is 0.129. The number of ether oxygens (including phenoxy) is 1. The average Bonchev–Trinajstić information content (AvgIpc) is 3.28. The minimum Gasteiger partial charge on any atom is -0.459 e. The lowest BCUT2D eigenvalue weighted by molar-refractivity contribution is -0.156. The number of anilines is 1. The molecule has 3 aromatic rings. The van der Waals surface area contributed by atoms with Crippen LogP contribution in [0.1, 0.15) is 48.3 Å². The Kier molecular flexibility index (Phi) is 6.95. The fourth-order valence-corrected chi connectivity index (χ4v) is 3.65. The third kappa shape index (κ3) is 5.27. The van der Waals surface area contributed by atoms with Gasteiger partial charge in [0.1, 0.15) is 11.6 Å². The van der Waals surface area contributed by atoms with Gasteiger partial charge in [-0.15, -0.1) is 0 Å². The summed E-state index contributed by atoms with van der Waals surface area (Å²) in [5.74, 6) is -0.998. The van der Waals surface area contributed by atoms with Gasteiger partial charge in [0.05, 0.1) is 11.4 Å². The maximum Gasteiger partial charge on any atom is 0.328 e. The summed E-state index contributed by atoms with van der Waals surface area (Å²) < 4.78 is 7.12. The highest BCUT2D eigenvalue weighted by Gasteiger charge is 2.31. The van der Waals surface area contributed by atoms with Crippen LogP contribution < -0.4 is 16.4 Å². The van der Waals surface area contributed by atoms with Crippen molar-refractivity contribution in [2.75, 3.05) is 4.90 Å². The number of thiocarbonyl (C=S) groups is 1. The van der Waals surface area contributed by atoms with Crippen molar-refractivity contribution in [1.29, 1.82) is 0 Å². The third-order valence-corrected chi connectivity index (χ3v) is 5.05. The SMILES string of the molecule is Cc1c(N(C(=O)c2ccccc2)C(N)=S)ccc(-n2cccn2)c1C(N)C(=O)OC(C)(C)C. The highest BCUT2D eigenvalue weighted by molar-refractivity contribution is 7.80. The molecular weight excluding hydrogens is 438 g/mol. The largest absolute Gasteiger partial charge is 0.459 e. The first-order chi connectivity index (χ1) is 15.5. The summed E-state index contributed by atoms with van der Waals surface area (Å²) in [6, 6.07) is 12.7. The molecule has 0 aliphatic rings. The van der Waals surface area contributed by atoms with Crippen LogP contribution in [0, 0.1) is 6.92 Å². The summed E-state index contributed by atoms with van der Waals surface area (Å²) in [4.78, 5) is 27.4. The number of esters is 1. The van der Waals surface area contributed by atoms with Gasteiger partial charge in [0.2, 0.25) is 0 Å². The molecule has 33 heavy (non-hydrogen) atoms. The minimum atomic E-state index is -1.14. The summed E-state index contributed by atoms with van der Waals surface area (Å²) in [6.45, 7) is 7.05. The predicted molar refractivity (Wildman–Crippen MR) is 131 cm³/mol. The molecule has 8 nitrogen and oxygen atoms in total. The van der Waals surface area contributed by atoms with Crippen LogP contribution in [0.25, 0.3) is 5.69 Å². The van der Waals surface area contributed by atoms with Crippen molar-refractivity contribution in [3.63, 3.8) is 0 Å². The van der Waals surface area contributed by atoms with E-state index >= 15 is 0 Å². The van der Waals surface area contributed by atoms with E-state index in [9.17, 15) is 9.59 Å². The van der Waals surface area contributed by atoms with Crippen molar-refractivity contribution in [1.82, 2.24) is 9.78 Å². The van der Waals surface area contributed by atoms with Gasteiger partial charge in [-0.2, -0.15) is 5.10 Å². The lowest BCUT2D eigenvalue weighted by Gasteiger charge is -2.28. The van der Waals surface area contributed by atoms with Gasteiger partial charge in [0.25, 0.3) is 5.91 Å². The Morgan fingerprint density at radius 2 is 1.79 bits per heavy atom. The van der Waals surface area contributed by atoms with Crippen LogP contribution in [0.3, 0.4) is 0 Å². The molecule has 1 amide bonds. The molecule has 172 valence electrons. The number of hydrogen-bond donors (Lipinski definition) is 2. The number of aromatic nitrogens is 2. The van der Waals surface area contributed by atoms with E-state index in [-0.39, 0.29) is 5.11 Å². The van der Waals surface area contributed by atoms with Gasteiger partial charge < -0.3 is 16.2 Å². The van der Waals surface area contributed by atoms with Crippen molar-refractivity contribution in [3.05, 3.63) is 77.6 Å². The Bertz CT molecular complexity index is 1170. The van der Waals surface area contributed by atoms with Crippen LogP contribution >= 0.6 is 12.2 Å². The molecule has 9 heteroatoms. The first-order valence-corrected chi connectivity index (χ1v) is 10.7. The van der Waals surface area contributed by atoms with Gasteiger partial charge >= 0.3 is 5.97 Å². The Morgan fingerprint density at radius 1 is 1.12 bits per heavy atom. The number of carbonyl (C=O) groups is 2. The van der Waals surface area contributed by atoms with Gasteiger partial charge in [-0.05, 0) is 75.8 Å². The Labute approximate surface area is 198 Å². The van der Waals surface area contributed by atoms with Crippen molar-refractivity contribution < 1.29 is 14.3 Å². The zero-order valence-electron chi connectivity index (χ0n) is 19.0. The lowest BCUT2D eigenvalue weighted by Crippen LogP contribution is -2.41.